The lowest BCUT2D eigenvalue weighted by Gasteiger charge is -2.11. The lowest BCUT2D eigenvalue weighted by atomic mass is 10.2. The van der Waals surface area contributed by atoms with Crippen molar-refractivity contribution in [2.75, 3.05) is 0 Å². The molecule has 0 aliphatic carbocycles. The predicted molar refractivity (Wildman–Crippen MR) is 62.5 cm³/mol. The van der Waals surface area contributed by atoms with Gasteiger partial charge in [0.25, 0.3) is 0 Å². The molecule has 0 bridgehead atoms. The van der Waals surface area contributed by atoms with Crippen molar-refractivity contribution in [3.63, 3.8) is 0 Å². The topological polar surface area (TPSA) is 30.7 Å². The normalized spacial score (nSPS) is 13.0. The van der Waals surface area contributed by atoms with Crippen molar-refractivity contribution in [2.24, 2.45) is 0 Å². The number of nitrogens with zero attached hydrogens (tertiary/aromatic N) is 3. The standard InChI is InChI=1S/C10H12ClN3S/c1-7(14-6-12-13-10(14)11)5-9-4-3-8(2)15-9/h3-4,6-7H,5H2,1-2H3. The number of thiophene rings is 1. The molecular formula is C10H12ClN3S. The minimum atomic E-state index is 0.297. The molecule has 0 saturated heterocycles. The van der Waals surface area contributed by atoms with Crippen molar-refractivity contribution < 1.29 is 0 Å². The Hall–Kier alpha value is -0.870. The van der Waals surface area contributed by atoms with E-state index in [1.165, 1.54) is 9.75 Å². The largest absolute Gasteiger partial charge is 0.301 e. The molecule has 0 N–H and O–H groups in total. The van der Waals surface area contributed by atoms with Gasteiger partial charge in [-0.2, -0.15) is 0 Å². The van der Waals surface area contributed by atoms with Crippen LogP contribution in [0, 0.1) is 6.92 Å². The summed E-state index contributed by atoms with van der Waals surface area (Å²) in [6, 6.07) is 4.60. The fourth-order valence-electron chi connectivity index (χ4n) is 1.51. The van der Waals surface area contributed by atoms with E-state index in [-0.39, 0.29) is 0 Å². The second-order valence-electron chi connectivity index (χ2n) is 3.57. The maximum atomic E-state index is 5.90. The molecule has 2 aromatic rings. The first-order valence-electron chi connectivity index (χ1n) is 4.77. The molecule has 0 aromatic carbocycles. The van der Waals surface area contributed by atoms with Gasteiger partial charge in [0, 0.05) is 22.2 Å². The first-order valence-corrected chi connectivity index (χ1v) is 5.96. The van der Waals surface area contributed by atoms with Gasteiger partial charge in [0.15, 0.2) is 0 Å². The average molecular weight is 242 g/mol. The van der Waals surface area contributed by atoms with Crippen LogP contribution in [0.15, 0.2) is 18.5 Å². The number of hydrogen-bond acceptors (Lipinski definition) is 3. The van der Waals surface area contributed by atoms with Gasteiger partial charge < -0.3 is 4.57 Å². The van der Waals surface area contributed by atoms with Crippen LogP contribution < -0.4 is 0 Å². The minimum Gasteiger partial charge on any atom is -0.301 e. The van der Waals surface area contributed by atoms with Gasteiger partial charge >= 0.3 is 0 Å². The van der Waals surface area contributed by atoms with Gasteiger partial charge in [-0.25, -0.2) is 0 Å². The Morgan fingerprint density at radius 2 is 2.33 bits per heavy atom. The average Bonchev–Trinajstić information content (AvgIpc) is 2.75. The number of aryl methyl sites for hydroxylation is 1. The van der Waals surface area contributed by atoms with Crippen LogP contribution in [0.25, 0.3) is 0 Å². The number of rotatable bonds is 3. The SMILES string of the molecule is Cc1ccc(CC(C)n2cnnc2Cl)s1. The maximum absolute atomic E-state index is 5.90. The molecule has 0 spiro atoms. The molecule has 15 heavy (non-hydrogen) atoms. The quantitative estimate of drug-likeness (QED) is 0.827. The Morgan fingerprint density at radius 1 is 1.53 bits per heavy atom. The highest BCUT2D eigenvalue weighted by atomic mass is 35.5. The molecule has 1 unspecified atom stereocenters. The Kier molecular flexibility index (Phi) is 3.07. The van der Waals surface area contributed by atoms with Crippen molar-refractivity contribution in [3.05, 3.63) is 33.5 Å². The Morgan fingerprint density at radius 3 is 2.87 bits per heavy atom. The highest BCUT2D eigenvalue weighted by Crippen LogP contribution is 2.22. The fourth-order valence-corrected chi connectivity index (χ4v) is 2.77. The van der Waals surface area contributed by atoms with E-state index in [1.54, 1.807) is 6.33 Å². The third-order valence-corrected chi connectivity index (χ3v) is 3.59. The summed E-state index contributed by atoms with van der Waals surface area (Å²) in [7, 11) is 0. The summed E-state index contributed by atoms with van der Waals surface area (Å²) >= 11 is 7.72. The molecule has 0 fully saturated rings. The Balaban J connectivity index is 2.10. The van der Waals surface area contributed by atoms with Crippen LogP contribution in [0.3, 0.4) is 0 Å². The van der Waals surface area contributed by atoms with Gasteiger partial charge in [0.2, 0.25) is 5.28 Å². The molecule has 2 heterocycles. The highest BCUT2D eigenvalue weighted by Gasteiger charge is 2.10. The smallest absolute Gasteiger partial charge is 0.225 e. The van der Waals surface area contributed by atoms with E-state index in [9.17, 15) is 0 Å². The lowest BCUT2D eigenvalue weighted by molar-refractivity contribution is 0.547. The Labute approximate surface area is 97.7 Å². The summed E-state index contributed by atoms with van der Waals surface area (Å²) in [6.07, 6.45) is 2.64. The van der Waals surface area contributed by atoms with E-state index < -0.39 is 0 Å². The summed E-state index contributed by atoms with van der Waals surface area (Å²) in [5.41, 5.74) is 0. The van der Waals surface area contributed by atoms with Crippen molar-refractivity contribution in [3.8, 4) is 0 Å². The minimum absolute atomic E-state index is 0.297. The predicted octanol–water partition coefficient (Wildman–Crippen LogP) is 3.11. The molecule has 5 heteroatoms. The number of halogens is 1. The number of hydrogen-bond donors (Lipinski definition) is 0. The molecule has 3 nitrogen and oxygen atoms in total. The highest BCUT2D eigenvalue weighted by molar-refractivity contribution is 7.11. The first kappa shape index (κ1) is 10.6. The summed E-state index contributed by atoms with van der Waals surface area (Å²) in [5, 5.41) is 7.99. The van der Waals surface area contributed by atoms with E-state index in [2.05, 4.69) is 36.2 Å². The lowest BCUT2D eigenvalue weighted by Crippen LogP contribution is -2.06. The molecular weight excluding hydrogens is 230 g/mol. The third-order valence-electron chi connectivity index (χ3n) is 2.30. The van der Waals surface area contributed by atoms with Gasteiger partial charge in [-0.3, -0.25) is 0 Å². The molecule has 0 aliphatic heterocycles. The van der Waals surface area contributed by atoms with Crippen molar-refractivity contribution >= 4 is 22.9 Å². The van der Waals surface area contributed by atoms with E-state index in [0.29, 0.717) is 11.3 Å². The second-order valence-corrected chi connectivity index (χ2v) is 5.28. The molecule has 1 atom stereocenters. The van der Waals surface area contributed by atoms with Crippen LogP contribution in [0.5, 0.6) is 0 Å². The van der Waals surface area contributed by atoms with Gasteiger partial charge in [0.05, 0.1) is 0 Å². The van der Waals surface area contributed by atoms with Crippen molar-refractivity contribution in [2.45, 2.75) is 26.3 Å². The monoisotopic (exact) mass is 241 g/mol. The summed E-state index contributed by atoms with van der Waals surface area (Å²) in [5.74, 6) is 0. The second kappa shape index (κ2) is 4.33. The third kappa shape index (κ3) is 2.38. The zero-order valence-corrected chi connectivity index (χ0v) is 10.2. The van der Waals surface area contributed by atoms with Crippen LogP contribution >= 0.6 is 22.9 Å². The zero-order chi connectivity index (χ0) is 10.8. The van der Waals surface area contributed by atoms with Gasteiger partial charge in [0.1, 0.15) is 6.33 Å². The molecule has 0 radical (unpaired) electrons. The molecule has 2 aromatic heterocycles. The van der Waals surface area contributed by atoms with Crippen LogP contribution in [-0.2, 0) is 6.42 Å². The molecule has 0 aliphatic rings. The van der Waals surface area contributed by atoms with Gasteiger partial charge in [-0.15, -0.1) is 21.5 Å². The molecule has 2 rings (SSSR count). The summed E-state index contributed by atoms with van der Waals surface area (Å²) < 4.78 is 1.89. The zero-order valence-electron chi connectivity index (χ0n) is 8.64. The van der Waals surface area contributed by atoms with E-state index in [4.69, 9.17) is 11.6 Å². The van der Waals surface area contributed by atoms with Crippen LogP contribution in [0.2, 0.25) is 5.28 Å². The van der Waals surface area contributed by atoms with Crippen LogP contribution in [0.4, 0.5) is 0 Å². The summed E-state index contributed by atoms with van der Waals surface area (Å²) in [6.45, 7) is 4.23. The number of aromatic nitrogens is 3. The van der Waals surface area contributed by atoms with Gasteiger partial charge in [-0.1, -0.05) is 0 Å². The van der Waals surface area contributed by atoms with Crippen LogP contribution in [-0.4, -0.2) is 14.8 Å². The van der Waals surface area contributed by atoms with Crippen LogP contribution in [0.1, 0.15) is 22.7 Å². The van der Waals surface area contributed by atoms with Crippen molar-refractivity contribution in [1.82, 2.24) is 14.8 Å². The molecule has 0 saturated carbocycles. The van der Waals surface area contributed by atoms with Crippen molar-refractivity contribution in [1.29, 1.82) is 0 Å². The van der Waals surface area contributed by atoms with E-state index >= 15 is 0 Å². The summed E-state index contributed by atoms with van der Waals surface area (Å²) in [4.78, 5) is 2.71. The van der Waals surface area contributed by atoms with Gasteiger partial charge in [-0.05, 0) is 37.6 Å². The molecule has 80 valence electrons. The first-order chi connectivity index (χ1) is 7.16. The van der Waals surface area contributed by atoms with E-state index in [1.807, 2.05) is 15.9 Å². The fraction of sp³-hybridized carbons (Fsp3) is 0.400. The maximum Gasteiger partial charge on any atom is 0.225 e. The Bertz CT molecular complexity index is 449. The van der Waals surface area contributed by atoms with E-state index in [0.717, 1.165) is 6.42 Å². The molecule has 0 amide bonds.